The van der Waals surface area contributed by atoms with Crippen LogP contribution in [0.1, 0.15) is 0 Å². The van der Waals surface area contributed by atoms with Crippen molar-refractivity contribution in [1.29, 1.82) is 0 Å². The van der Waals surface area contributed by atoms with Gasteiger partial charge in [-0.05, 0) is 0 Å². The Morgan fingerprint density at radius 2 is 1.12 bits per heavy atom. The Morgan fingerprint density at radius 3 is 1.12 bits per heavy atom. The van der Waals surface area contributed by atoms with Gasteiger partial charge in [-0.1, -0.05) is 0 Å². The van der Waals surface area contributed by atoms with Gasteiger partial charge >= 0.3 is 34.3 Å². The summed E-state index contributed by atoms with van der Waals surface area (Å²) in [4.78, 5) is 0. The van der Waals surface area contributed by atoms with E-state index in [4.69, 9.17) is 17.5 Å². The number of halogens is 1. The fourth-order valence-corrected chi connectivity index (χ4v) is 0. The Kier molecular flexibility index (Phi) is 26.1. The van der Waals surface area contributed by atoms with E-state index in [0.717, 1.165) is 0 Å². The van der Waals surface area contributed by atoms with E-state index in [9.17, 15) is 0 Å². The van der Waals surface area contributed by atoms with Crippen LogP contribution >= 0.6 is 12.4 Å². The minimum atomic E-state index is -4.67. The topological polar surface area (TPSA) is 74.6 Å². The third-order valence-electron chi connectivity index (χ3n) is 0. The second-order valence-electron chi connectivity index (χ2n) is 0.448. The van der Waals surface area contributed by atoms with Crippen molar-refractivity contribution in [3.05, 3.63) is 0 Å². The van der Waals surface area contributed by atoms with Crippen LogP contribution in [0.5, 0.6) is 0 Å². The maximum atomic E-state index is 8.74. The van der Waals surface area contributed by atoms with Gasteiger partial charge in [-0.2, -0.15) is 8.42 Å². The van der Waals surface area contributed by atoms with Crippen molar-refractivity contribution in [2.24, 2.45) is 0 Å². The van der Waals surface area contributed by atoms with Crippen molar-refractivity contribution in [2.75, 3.05) is 0 Å². The summed E-state index contributed by atoms with van der Waals surface area (Å²) in [6.07, 6.45) is 0. The number of hydrogen-bond donors (Lipinski definition) is 2. The third kappa shape index (κ3) is 83.8. The molecule has 52 valence electrons. The summed E-state index contributed by atoms with van der Waals surface area (Å²) in [5.74, 6) is 0. The fourth-order valence-electron chi connectivity index (χ4n) is 0. The molecule has 0 spiro atoms. The van der Waals surface area contributed by atoms with Gasteiger partial charge in [0.25, 0.3) is 0 Å². The molecule has 0 aromatic carbocycles. The molecular formula is H5ClO4SSmSn. The average Bonchev–Trinajstić information content (AvgIpc) is 0.722. The van der Waals surface area contributed by atoms with Gasteiger partial charge in [0.15, 0.2) is 0 Å². The predicted octanol–water partition coefficient (Wildman–Crippen LogP) is -1.15. The van der Waals surface area contributed by atoms with E-state index in [-0.39, 0.29) is 76.7 Å². The van der Waals surface area contributed by atoms with Gasteiger partial charge in [0, 0.05) is 40.4 Å². The number of rotatable bonds is 0. The third-order valence-corrected chi connectivity index (χ3v) is 0. The summed E-state index contributed by atoms with van der Waals surface area (Å²) in [5.41, 5.74) is 0. The second-order valence-corrected chi connectivity index (χ2v) is 1.34. The molecule has 0 aliphatic heterocycles. The predicted molar refractivity (Wildman–Crippen MR) is 30.0 cm³/mol. The van der Waals surface area contributed by atoms with Gasteiger partial charge in [0.05, 0.1) is 0 Å². The van der Waals surface area contributed by atoms with Crippen LogP contribution in [-0.4, -0.2) is 41.4 Å². The summed E-state index contributed by atoms with van der Waals surface area (Å²) in [6.45, 7) is 0. The van der Waals surface area contributed by atoms with Crippen molar-refractivity contribution in [3.63, 3.8) is 0 Å². The first kappa shape index (κ1) is 22.4. The van der Waals surface area contributed by atoms with Gasteiger partial charge in [-0.25, -0.2) is 0 Å². The Balaban J connectivity index is -0.0000000267. The molecule has 8 heavy (non-hydrogen) atoms. The van der Waals surface area contributed by atoms with Gasteiger partial charge in [0.1, 0.15) is 0 Å². The van der Waals surface area contributed by atoms with E-state index in [1.54, 1.807) is 0 Å². The molecule has 0 saturated heterocycles. The molecule has 0 aromatic rings. The van der Waals surface area contributed by atoms with Crippen LogP contribution in [-0.2, 0) is 10.4 Å². The molecule has 2 radical (unpaired) electrons. The molecule has 0 amide bonds. The zero-order chi connectivity index (χ0) is 4.50. The van der Waals surface area contributed by atoms with Gasteiger partial charge in [0.2, 0.25) is 0 Å². The van der Waals surface area contributed by atoms with Crippen LogP contribution in [0.2, 0.25) is 0 Å². The van der Waals surface area contributed by atoms with Crippen molar-refractivity contribution in [1.82, 2.24) is 0 Å². The molecular weight excluding hydrogens is 401 g/mol. The zero-order valence-corrected chi connectivity index (χ0v) is 11.9. The van der Waals surface area contributed by atoms with E-state index in [2.05, 4.69) is 0 Å². The Morgan fingerprint density at radius 1 is 1.12 bits per heavy atom. The SMILES string of the molecule is Cl.O=S(=O)(O)O.[Sm].[SnH2]. The zero-order valence-electron chi connectivity index (χ0n) is 3.64. The quantitative estimate of drug-likeness (QED) is 0.394. The van der Waals surface area contributed by atoms with Crippen molar-refractivity contribution >= 4 is 46.7 Å². The van der Waals surface area contributed by atoms with E-state index < -0.39 is 10.4 Å². The molecule has 0 bridgehead atoms. The summed E-state index contributed by atoms with van der Waals surface area (Å²) in [6, 6.07) is 0. The molecule has 4 nitrogen and oxygen atoms in total. The van der Waals surface area contributed by atoms with Crippen molar-refractivity contribution in [2.45, 2.75) is 0 Å². The molecule has 0 aromatic heterocycles. The summed E-state index contributed by atoms with van der Waals surface area (Å²) < 4.78 is 31.6. The first-order chi connectivity index (χ1) is 2.00. The minimum absolute atomic E-state index is 0. The van der Waals surface area contributed by atoms with Crippen LogP contribution in [0.3, 0.4) is 0 Å². The van der Waals surface area contributed by atoms with E-state index in [1.807, 2.05) is 0 Å². The molecule has 8 heteroatoms. The van der Waals surface area contributed by atoms with Gasteiger partial charge < -0.3 is 0 Å². The summed E-state index contributed by atoms with van der Waals surface area (Å²) >= 11 is 0. The van der Waals surface area contributed by atoms with E-state index in [1.165, 1.54) is 0 Å². The molecule has 0 unspecified atom stereocenters. The maximum absolute atomic E-state index is 8.74. The molecule has 0 atom stereocenters. The van der Waals surface area contributed by atoms with E-state index >= 15 is 0 Å². The molecule has 0 rings (SSSR count). The summed E-state index contributed by atoms with van der Waals surface area (Å²) in [7, 11) is -4.67. The molecule has 0 heterocycles. The first-order valence-electron chi connectivity index (χ1n) is 0.698. The normalized spacial score (nSPS) is 7.25. The first-order valence-corrected chi connectivity index (χ1v) is 2.10. The Labute approximate surface area is 103 Å². The molecule has 2 N–H and O–H groups in total. The molecule has 0 fully saturated rings. The number of hydrogen-bond acceptors (Lipinski definition) is 2. The van der Waals surface area contributed by atoms with Crippen LogP contribution in [0.4, 0.5) is 0 Å². The molecule has 0 aliphatic carbocycles. The van der Waals surface area contributed by atoms with Gasteiger partial charge in [-0.3, -0.25) is 9.11 Å². The molecule has 0 aliphatic rings. The Bertz CT molecular complexity index is 99.2. The van der Waals surface area contributed by atoms with E-state index in [0.29, 0.717) is 0 Å². The van der Waals surface area contributed by atoms with Crippen LogP contribution in [0, 0.1) is 40.4 Å². The standard InChI is InChI=1S/ClH.H2O4S.Sm.Sn.2H/c;1-5(2,3)4;;;;/h1H;(H2,1,2,3,4);;;;. The monoisotopic (exact) mass is 408 g/mol. The molecule has 0 saturated carbocycles. The van der Waals surface area contributed by atoms with Crippen molar-refractivity contribution in [3.8, 4) is 0 Å². The summed E-state index contributed by atoms with van der Waals surface area (Å²) in [5, 5.41) is 0. The second kappa shape index (κ2) is 9.30. The van der Waals surface area contributed by atoms with Gasteiger partial charge in [-0.15, -0.1) is 12.4 Å². The Hall–Kier alpha value is 2.30. The van der Waals surface area contributed by atoms with Crippen LogP contribution < -0.4 is 0 Å². The van der Waals surface area contributed by atoms with Crippen molar-refractivity contribution < 1.29 is 57.9 Å². The van der Waals surface area contributed by atoms with Crippen LogP contribution in [0.25, 0.3) is 0 Å². The average molecular weight is 406 g/mol. The van der Waals surface area contributed by atoms with Crippen LogP contribution in [0.15, 0.2) is 0 Å². The fraction of sp³-hybridized carbons (Fsp3) is 0.